The molecule has 21 heavy (non-hydrogen) atoms. The molecule has 1 aromatic carbocycles. The van der Waals surface area contributed by atoms with E-state index in [9.17, 15) is 4.79 Å². The maximum absolute atomic E-state index is 12.0. The van der Waals surface area contributed by atoms with Crippen molar-refractivity contribution in [2.75, 3.05) is 6.67 Å². The number of carbonyl (C=O) groups excluding carboxylic acids is 1. The summed E-state index contributed by atoms with van der Waals surface area (Å²) in [6.45, 7) is 5.60. The summed E-state index contributed by atoms with van der Waals surface area (Å²) < 4.78 is 0. The Morgan fingerprint density at radius 1 is 1.38 bits per heavy atom. The van der Waals surface area contributed by atoms with Gasteiger partial charge in [-0.25, -0.2) is 0 Å². The van der Waals surface area contributed by atoms with Gasteiger partial charge >= 0.3 is 0 Å². The molecule has 2 atom stereocenters. The van der Waals surface area contributed by atoms with Gasteiger partial charge in [-0.15, -0.1) is 0 Å². The first-order chi connectivity index (χ1) is 10.1. The first kappa shape index (κ1) is 15.6. The second kappa shape index (κ2) is 7.27. The third kappa shape index (κ3) is 4.33. The summed E-state index contributed by atoms with van der Waals surface area (Å²) in [4.78, 5) is 14.2. The molecule has 114 valence electrons. The van der Waals surface area contributed by atoms with Crippen LogP contribution < -0.4 is 11.1 Å². The Morgan fingerprint density at radius 2 is 2.10 bits per heavy atom. The van der Waals surface area contributed by atoms with E-state index in [1.54, 1.807) is 0 Å². The summed E-state index contributed by atoms with van der Waals surface area (Å²) in [6, 6.07) is 9.94. The van der Waals surface area contributed by atoms with Gasteiger partial charge in [0, 0.05) is 30.8 Å². The first-order valence-electron chi connectivity index (χ1n) is 7.62. The average molecular weight is 287 g/mol. The van der Waals surface area contributed by atoms with Gasteiger partial charge in [-0.2, -0.15) is 0 Å². The van der Waals surface area contributed by atoms with Crippen LogP contribution >= 0.6 is 0 Å². The minimum atomic E-state index is -0.407. The lowest BCUT2D eigenvalue weighted by Gasteiger charge is -2.15. The van der Waals surface area contributed by atoms with E-state index in [1.165, 1.54) is 5.56 Å². The Labute approximate surface area is 127 Å². The predicted molar refractivity (Wildman–Crippen MR) is 85.1 cm³/mol. The average Bonchev–Trinajstić information content (AvgIpc) is 2.93. The van der Waals surface area contributed by atoms with Crippen LogP contribution in [0.15, 0.2) is 42.2 Å². The Balaban J connectivity index is 1.88. The molecule has 0 fully saturated rings. The number of nitrogens with two attached hydrogens (primary N) is 1. The molecule has 0 amide bonds. The maximum atomic E-state index is 12.0. The standard InChI is InChI=1S/C17H25N3O/c1-3-13(2)17(21)16(18)9-15-11-20(12-19-15)10-14-7-5-4-6-8-14/h4-8,11,13,16,19H,3,9-10,12,18H2,1-2H3. The fourth-order valence-electron chi connectivity index (χ4n) is 2.46. The zero-order valence-corrected chi connectivity index (χ0v) is 12.9. The lowest BCUT2D eigenvalue weighted by atomic mass is 9.95. The van der Waals surface area contributed by atoms with Crippen LogP contribution in [0, 0.1) is 5.92 Å². The number of nitrogens with one attached hydrogen (secondary N) is 1. The van der Waals surface area contributed by atoms with Crippen molar-refractivity contribution in [2.24, 2.45) is 11.7 Å². The van der Waals surface area contributed by atoms with Crippen LogP contribution in [0.1, 0.15) is 32.3 Å². The smallest absolute Gasteiger partial charge is 0.152 e. The molecule has 0 aliphatic carbocycles. The molecule has 1 aromatic rings. The zero-order chi connectivity index (χ0) is 15.2. The molecule has 0 saturated heterocycles. The van der Waals surface area contributed by atoms with Crippen molar-refractivity contribution < 1.29 is 4.79 Å². The summed E-state index contributed by atoms with van der Waals surface area (Å²) in [5.41, 5.74) is 8.35. The van der Waals surface area contributed by atoms with E-state index >= 15 is 0 Å². The van der Waals surface area contributed by atoms with E-state index in [2.05, 4.69) is 28.5 Å². The Bertz CT molecular complexity index is 498. The lowest BCUT2D eigenvalue weighted by molar-refractivity contribution is -0.123. The van der Waals surface area contributed by atoms with E-state index in [0.29, 0.717) is 6.42 Å². The van der Waals surface area contributed by atoms with Gasteiger partial charge in [-0.1, -0.05) is 44.2 Å². The zero-order valence-electron chi connectivity index (χ0n) is 12.9. The third-order valence-corrected chi connectivity index (χ3v) is 3.98. The van der Waals surface area contributed by atoms with Crippen molar-refractivity contribution in [1.29, 1.82) is 0 Å². The first-order valence-corrected chi connectivity index (χ1v) is 7.62. The maximum Gasteiger partial charge on any atom is 0.152 e. The van der Waals surface area contributed by atoms with Gasteiger partial charge in [-0.05, 0) is 12.0 Å². The number of rotatable bonds is 7. The van der Waals surface area contributed by atoms with Gasteiger partial charge in [0.05, 0.1) is 12.7 Å². The molecule has 1 heterocycles. The van der Waals surface area contributed by atoms with Crippen LogP contribution in [0.25, 0.3) is 0 Å². The molecule has 0 aromatic heterocycles. The van der Waals surface area contributed by atoms with E-state index in [0.717, 1.165) is 25.3 Å². The van der Waals surface area contributed by atoms with Crippen molar-refractivity contribution in [2.45, 2.75) is 39.3 Å². The molecule has 2 unspecified atom stereocenters. The minimum Gasteiger partial charge on any atom is -0.370 e. The second-order valence-corrected chi connectivity index (χ2v) is 5.74. The molecule has 3 N–H and O–H groups in total. The highest BCUT2D eigenvalue weighted by Gasteiger charge is 2.22. The van der Waals surface area contributed by atoms with E-state index in [1.807, 2.05) is 32.0 Å². The van der Waals surface area contributed by atoms with Gasteiger partial charge in [0.2, 0.25) is 0 Å². The van der Waals surface area contributed by atoms with Crippen molar-refractivity contribution >= 4 is 5.78 Å². The second-order valence-electron chi connectivity index (χ2n) is 5.74. The molecule has 2 rings (SSSR count). The topological polar surface area (TPSA) is 58.4 Å². The van der Waals surface area contributed by atoms with Gasteiger partial charge < -0.3 is 16.0 Å². The van der Waals surface area contributed by atoms with Gasteiger partial charge in [0.15, 0.2) is 5.78 Å². The Morgan fingerprint density at radius 3 is 2.76 bits per heavy atom. The highest BCUT2D eigenvalue weighted by molar-refractivity contribution is 5.86. The van der Waals surface area contributed by atoms with Crippen LogP contribution in [0.3, 0.4) is 0 Å². The van der Waals surface area contributed by atoms with Crippen molar-refractivity contribution in [3.05, 3.63) is 47.8 Å². The quantitative estimate of drug-likeness (QED) is 0.807. The molecular weight excluding hydrogens is 262 g/mol. The normalized spacial score (nSPS) is 17.1. The number of hydrogen-bond donors (Lipinski definition) is 2. The number of nitrogens with zero attached hydrogens (tertiary/aromatic N) is 1. The largest absolute Gasteiger partial charge is 0.370 e. The van der Waals surface area contributed by atoms with Crippen molar-refractivity contribution in [1.82, 2.24) is 10.2 Å². The number of hydrogen-bond acceptors (Lipinski definition) is 4. The Hall–Kier alpha value is -1.81. The van der Waals surface area contributed by atoms with Crippen molar-refractivity contribution in [3.8, 4) is 0 Å². The molecule has 0 spiro atoms. The molecule has 4 heteroatoms. The number of ketones is 1. The van der Waals surface area contributed by atoms with Crippen LogP contribution in [0.4, 0.5) is 0 Å². The van der Waals surface area contributed by atoms with E-state index < -0.39 is 6.04 Å². The fourth-order valence-corrected chi connectivity index (χ4v) is 2.46. The highest BCUT2D eigenvalue weighted by atomic mass is 16.1. The Kier molecular flexibility index (Phi) is 5.39. The van der Waals surface area contributed by atoms with E-state index in [-0.39, 0.29) is 11.7 Å². The SMILES string of the molecule is CCC(C)C(=O)C(N)CC1=CN(Cc2ccccc2)CN1. The summed E-state index contributed by atoms with van der Waals surface area (Å²) in [7, 11) is 0. The summed E-state index contributed by atoms with van der Waals surface area (Å²) in [5.74, 6) is 0.198. The number of benzene rings is 1. The minimum absolute atomic E-state index is 0.0439. The van der Waals surface area contributed by atoms with Gasteiger partial charge in [0.25, 0.3) is 0 Å². The molecule has 4 nitrogen and oxygen atoms in total. The third-order valence-electron chi connectivity index (χ3n) is 3.98. The molecule has 1 aliphatic rings. The van der Waals surface area contributed by atoms with Crippen LogP contribution in [0.5, 0.6) is 0 Å². The fraction of sp³-hybridized carbons (Fsp3) is 0.471. The highest BCUT2D eigenvalue weighted by Crippen LogP contribution is 2.15. The van der Waals surface area contributed by atoms with Crippen molar-refractivity contribution in [3.63, 3.8) is 0 Å². The summed E-state index contributed by atoms with van der Waals surface area (Å²) in [5, 5.41) is 3.32. The predicted octanol–water partition coefficient (Wildman–Crippen LogP) is 2.22. The summed E-state index contributed by atoms with van der Waals surface area (Å²) in [6.07, 6.45) is 3.52. The van der Waals surface area contributed by atoms with Gasteiger partial charge in [-0.3, -0.25) is 4.79 Å². The molecule has 1 aliphatic heterocycles. The monoisotopic (exact) mass is 287 g/mol. The van der Waals surface area contributed by atoms with Gasteiger partial charge in [0.1, 0.15) is 0 Å². The molecule has 0 saturated carbocycles. The number of carbonyl (C=O) groups is 1. The van der Waals surface area contributed by atoms with Crippen LogP contribution in [0.2, 0.25) is 0 Å². The molecule has 0 radical (unpaired) electrons. The van der Waals surface area contributed by atoms with E-state index in [4.69, 9.17) is 5.73 Å². The summed E-state index contributed by atoms with van der Waals surface area (Å²) >= 11 is 0. The van der Waals surface area contributed by atoms with Crippen LogP contribution in [-0.2, 0) is 11.3 Å². The molecular formula is C17H25N3O. The number of Topliss-reactive ketones (excluding diaryl/α,β-unsaturated/α-hetero) is 1. The van der Waals surface area contributed by atoms with Crippen LogP contribution in [-0.4, -0.2) is 23.4 Å². The molecule has 0 bridgehead atoms. The lowest BCUT2D eigenvalue weighted by Crippen LogP contribution is -2.36.